The Kier molecular flexibility index (Phi) is 2.74. The number of H-pyrrole nitrogens is 1. The molecule has 1 saturated heterocycles. The Morgan fingerprint density at radius 2 is 2.14 bits per heavy atom. The number of hydrogen-bond acceptors (Lipinski definition) is 6. The first-order valence-electron chi connectivity index (χ1n) is 6.89. The second kappa shape index (κ2) is 4.74. The van der Waals surface area contributed by atoms with E-state index in [9.17, 15) is 0 Å². The average Bonchev–Trinajstić information content (AvgIpc) is 3.17. The molecule has 1 fully saturated rings. The maximum absolute atomic E-state index is 6.04. The number of aromatic nitrogens is 4. The number of nitrogens with zero attached hydrogens (tertiary/aromatic N) is 4. The van der Waals surface area contributed by atoms with E-state index in [4.69, 9.17) is 10.2 Å². The summed E-state index contributed by atoms with van der Waals surface area (Å²) in [4.78, 5) is 11.2. The molecule has 1 aliphatic rings. The standard InChI is InChI=1S/C13H15N7O/c14-13-17-10(19-5-3-15-4-6-19)8-11-16-12(18-20(11)13)9-2-1-7-21-9/h1-2,7-8,15H,3-6H2,(H2,14,16,17,18)/p+1. The molecule has 108 valence electrons. The fraction of sp³-hybridized carbons (Fsp3) is 0.308. The van der Waals surface area contributed by atoms with Gasteiger partial charge in [-0.15, -0.1) is 9.50 Å². The van der Waals surface area contributed by atoms with E-state index in [0.717, 1.165) is 37.6 Å². The summed E-state index contributed by atoms with van der Waals surface area (Å²) >= 11 is 0. The molecule has 4 heterocycles. The predicted molar refractivity (Wildman–Crippen MR) is 76.7 cm³/mol. The molecular formula is C13H16N7O+. The first-order valence-corrected chi connectivity index (χ1v) is 6.89. The van der Waals surface area contributed by atoms with E-state index in [-0.39, 0.29) is 0 Å². The predicted octanol–water partition coefficient (Wildman–Crippen LogP) is -0.205. The van der Waals surface area contributed by atoms with E-state index < -0.39 is 0 Å². The molecule has 0 bridgehead atoms. The zero-order valence-corrected chi connectivity index (χ0v) is 11.4. The molecule has 3 aromatic heterocycles. The van der Waals surface area contributed by atoms with Gasteiger partial charge in [0.1, 0.15) is 0 Å². The Morgan fingerprint density at radius 1 is 1.29 bits per heavy atom. The van der Waals surface area contributed by atoms with Crippen LogP contribution in [0, 0.1) is 0 Å². The maximum atomic E-state index is 6.04. The number of piperazine rings is 1. The van der Waals surface area contributed by atoms with Gasteiger partial charge in [0.2, 0.25) is 0 Å². The van der Waals surface area contributed by atoms with Crippen molar-refractivity contribution < 1.29 is 8.93 Å². The Hall–Kier alpha value is -2.61. The van der Waals surface area contributed by atoms with E-state index in [1.54, 1.807) is 10.8 Å². The number of fused-ring (bicyclic) bond motifs is 1. The lowest BCUT2D eigenvalue weighted by molar-refractivity contribution is -0.564. The molecule has 0 atom stereocenters. The van der Waals surface area contributed by atoms with Gasteiger partial charge < -0.3 is 20.4 Å². The second-order valence-corrected chi connectivity index (χ2v) is 4.95. The zero-order chi connectivity index (χ0) is 14.2. The van der Waals surface area contributed by atoms with Gasteiger partial charge in [0.05, 0.1) is 12.3 Å². The lowest BCUT2D eigenvalue weighted by Crippen LogP contribution is -2.44. The third-order valence-electron chi connectivity index (χ3n) is 3.59. The van der Waals surface area contributed by atoms with Crippen LogP contribution in [0.3, 0.4) is 0 Å². The molecule has 1 aliphatic heterocycles. The Labute approximate surface area is 120 Å². The van der Waals surface area contributed by atoms with Crippen molar-refractivity contribution in [2.75, 3.05) is 36.8 Å². The van der Waals surface area contributed by atoms with Crippen molar-refractivity contribution in [3.8, 4) is 11.6 Å². The summed E-state index contributed by atoms with van der Waals surface area (Å²) in [7, 11) is 0. The summed E-state index contributed by atoms with van der Waals surface area (Å²) in [5, 5.41) is 6.41. The Morgan fingerprint density at radius 3 is 2.90 bits per heavy atom. The van der Waals surface area contributed by atoms with Crippen LogP contribution in [-0.4, -0.2) is 41.2 Å². The summed E-state index contributed by atoms with van der Waals surface area (Å²) in [6.07, 6.45) is 1.61. The number of aromatic amines is 1. The van der Waals surface area contributed by atoms with Crippen LogP contribution in [-0.2, 0) is 0 Å². The largest absolute Gasteiger partial charge is 0.460 e. The number of rotatable bonds is 2. The van der Waals surface area contributed by atoms with Crippen LogP contribution in [0.1, 0.15) is 0 Å². The second-order valence-electron chi connectivity index (χ2n) is 4.95. The van der Waals surface area contributed by atoms with Gasteiger partial charge in [0.25, 0.3) is 11.5 Å². The SMILES string of the molecule is Nc1nc(N2CCNCC2)cc2nc(-c3ccco3)[nH][n+]12. The Balaban J connectivity index is 1.78. The minimum absolute atomic E-state index is 0.381. The molecule has 0 spiro atoms. The molecule has 0 saturated carbocycles. The summed E-state index contributed by atoms with van der Waals surface area (Å²) in [6.45, 7) is 3.73. The monoisotopic (exact) mass is 286 g/mol. The number of nitrogens with one attached hydrogen (secondary N) is 2. The van der Waals surface area contributed by atoms with Crippen LogP contribution in [0.4, 0.5) is 11.8 Å². The van der Waals surface area contributed by atoms with Crippen molar-refractivity contribution in [3.05, 3.63) is 24.5 Å². The zero-order valence-electron chi connectivity index (χ0n) is 11.4. The highest BCUT2D eigenvalue weighted by atomic mass is 16.3. The molecule has 0 unspecified atom stereocenters. The van der Waals surface area contributed by atoms with Crippen LogP contribution in [0.15, 0.2) is 28.9 Å². The van der Waals surface area contributed by atoms with Crippen LogP contribution in [0.2, 0.25) is 0 Å². The highest BCUT2D eigenvalue weighted by molar-refractivity contribution is 5.54. The van der Waals surface area contributed by atoms with E-state index in [1.165, 1.54) is 0 Å². The van der Waals surface area contributed by atoms with Gasteiger partial charge in [-0.05, 0) is 12.1 Å². The summed E-state index contributed by atoms with van der Waals surface area (Å²) < 4.78 is 7.00. The number of anilines is 2. The quantitative estimate of drug-likeness (QED) is 0.564. The van der Waals surface area contributed by atoms with Crippen molar-refractivity contribution in [1.82, 2.24) is 20.4 Å². The molecule has 4 N–H and O–H groups in total. The van der Waals surface area contributed by atoms with Crippen LogP contribution in [0.5, 0.6) is 0 Å². The molecule has 0 amide bonds. The van der Waals surface area contributed by atoms with Crippen LogP contribution < -0.4 is 20.5 Å². The summed E-state index contributed by atoms with van der Waals surface area (Å²) in [5.41, 5.74) is 6.76. The topological polar surface area (TPSA) is 100 Å². The number of nitrogen functional groups attached to an aromatic ring is 1. The third kappa shape index (κ3) is 2.09. The van der Waals surface area contributed by atoms with Gasteiger partial charge in [0.15, 0.2) is 11.6 Å². The molecule has 3 aromatic rings. The number of nitrogens with two attached hydrogens (primary N) is 1. The van der Waals surface area contributed by atoms with Gasteiger partial charge in [-0.2, -0.15) is 0 Å². The van der Waals surface area contributed by atoms with Crippen LogP contribution in [0.25, 0.3) is 17.2 Å². The van der Waals surface area contributed by atoms with Gasteiger partial charge in [0, 0.05) is 26.2 Å². The summed E-state index contributed by atoms with van der Waals surface area (Å²) in [6, 6.07) is 5.60. The molecule has 8 nitrogen and oxygen atoms in total. The lowest BCUT2D eigenvalue weighted by atomic mass is 10.3. The van der Waals surface area contributed by atoms with E-state index in [1.807, 2.05) is 18.2 Å². The molecule has 0 radical (unpaired) electrons. The fourth-order valence-corrected chi connectivity index (χ4v) is 2.52. The fourth-order valence-electron chi connectivity index (χ4n) is 2.52. The van der Waals surface area contributed by atoms with Gasteiger partial charge in [-0.1, -0.05) is 4.98 Å². The van der Waals surface area contributed by atoms with E-state index >= 15 is 0 Å². The molecule has 8 heteroatoms. The average molecular weight is 286 g/mol. The van der Waals surface area contributed by atoms with Crippen molar-refractivity contribution >= 4 is 17.4 Å². The van der Waals surface area contributed by atoms with Crippen molar-refractivity contribution in [2.45, 2.75) is 0 Å². The highest BCUT2D eigenvalue weighted by Gasteiger charge is 2.21. The van der Waals surface area contributed by atoms with E-state index in [2.05, 4.69) is 25.3 Å². The Bertz CT molecular complexity index is 758. The summed E-state index contributed by atoms with van der Waals surface area (Å²) in [5.74, 6) is 2.53. The minimum atomic E-state index is 0.381. The van der Waals surface area contributed by atoms with Crippen LogP contribution >= 0.6 is 0 Å². The number of furan rings is 1. The first kappa shape index (κ1) is 12.2. The van der Waals surface area contributed by atoms with Crippen molar-refractivity contribution in [1.29, 1.82) is 0 Å². The molecule has 21 heavy (non-hydrogen) atoms. The van der Waals surface area contributed by atoms with Gasteiger partial charge in [-0.25, -0.2) is 5.10 Å². The molecule has 0 aromatic carbocycles. The van der Waals surface area contributed by atoms with Crippen molar-refractivity contribution in [2.24, 2.45) is 0 Å². The lowest BCUT2D eigenvalue weighted by Gasteiger charge is -2.26. The van der Waals surface area contributed by atoms with Gasteiger partial charge >= 0.3 is 5.95 Å². The molecule has 4 rings (SSSR count). The highest BCUT2D eigenvalue weighted by Crippen LogP contribution is 2.17. The minimum Gasteiger partial charge on any atom is -0.460 e. The maximum Gasteiger partial charge on any atom is 0.369 e. The normalized spacial score (nSPS) is 15.7. The first-order chi connectivity index (χ1) is 10.3. The molecule has 0 aliphatic carbocycles. The molecular weight excluding hydrogens is 270 g/mol. The smallest absolute Gasteiger partial charge is 0.369 e. The van der Waals surface area contributed by atoms with Crippen molar-refractivity contribution in [3.63, 3.8) is 0 Å². The van der Waals surface area contributed by atoms with Gasteiger partial charge in [-0.3, -0.25) is 0 Å². The van der Waals surface area contributed by atoms with E-state index in [0.29, 0.717) is 17.5 Å². The number of hydrogen-bond donors (Lipinski definition) is 3. The third-order valence-corrected chi connectivity index (χ3v) is 3.59.